The number of hydrogen-bond donors (Lipinski definition) is 3. The predicted octanol–water partition coefficient (Wildman–Crippen LogP) is 5.36. The molecule has 0 aliphatic heterocycles. The van der Waals surface area contributed by atoms with Crippen molar-refractivity contribution in [1.29, 1.82) is 0 Å². The predicted molar refractivity (Wildman–Crippen MR) is 134 cm³/mol. The molecule has 180 valence electrons. The van der Waals surface area contributed by atoms with Gasteiger partial charge in [0, 0.05) is 23.0 Å². The second-order valence-electron chi connectivity index (χ2n) is 8.41. The number of carboxylic acids is 1. The van der Waals surface area contributed by atoms with Gasteiger partial charge in [-0.2, -0.15) is 0 Å². The number of nitrogens with one attached hydrogen (secondary N) is 2. The molecule has 1 atom stereocenters. The lowest BCUT2D eigenvalue weighted by atomic mass is 9.98. The van der Waals surface area contributed by atoms with Crippen LogP contribution in [0.25, 0.3) is 11.1 Å². The van der Waals surface area contributed by atoms with Gasteiger partial charge in [0.15, 0.2) is 0 Å². The van der Waals surface area contributed by atoms with Crippen molar-refractivity contribution in [3.63, 3.8) is 0 Å². The van der Waals surface area contributed by atoms with Crippen LogP contribution >= 0.6 is 11.6 Å². The number of alkyl carbamates (subject to hydrolysis) is 1. The first kappa shape index (κ1) is 24.3. The first-order chi connectivity index (χ1) is 16.8. The highest BCUT2D eigenvalue weighted by atomic mass is 35.5. The molecule has 0 spiro atoms. The van der Waals surface area contributed by atoms with E-state index in [1.165, 1.54) is 0 Å². The van der Waals surface area contributed by atoms with E-state index in [1.54, 1.807) is 18.2 Å². The monoisotopic (exact) mass is 492 g/mol. The summed E-state index contributed by atoms with van der Waals surface area (Å²) in [6.07, 6.45) is -1.18. The highest BCUT2D eigenvalue weighted by Gasteiger charge is 2.30. The van der Waals surface area contributed by atoms with Crippen LogP contribution in [-0.4, -0.2) is 35.7 Å². The molecule has 2 amide bonds. The second-order valence-corrected chi connectivity index (χ2v) is 8.82. The zero-order valence-electron chi connectivity index (χ0n) is 19.1. The number of aryl methyl sites for hydroxylation is 1. The lowest BCUT2D eigenvalue weighted by molar-refractivity contribution is -0.137. The van der Waals surface area contributed by atoms with Gasteiger partial charge in [0.05, 0.1) is 0 Å². The van der Waals surface area contributed by atoms with Crippen LogP contribution in [0.1, 0.15) is 35.4 Å². The highest BCUT2D eigenvalue weighted by molar-refractivity contribution is 6.31. The Morgan fingerprint density at radius 1 is 1.00 bits per heavy atom. The maximum atomic E-state index is 12.8. The van der Waals surface area contributed by atoms with E-state index in [-0.39, 0.29) is 25.4 Å². The Bertz CT molecular complexity index is 1230. The van der Waals surface area contributed by atoms with Gasteiger partial charge in [0.1, 0.15) is 12.6 Å². The molecule has 0 saturated carbocycles. The van der Waals surface area contributed by atoms with Gasteiger partial charge in [-0.05, 0) is 53.3 Å². The summed E-state index contributed by atoms with van der Waals surface area (Å²) in [7, 11) is 0. The van der Waals surface area contributed by atoms with Crippen LogP contribution in [0.5, 0.6) is 0 Å². The third kappa shape index (κ3) is 5.63. The molecule has 4 rings (SSSR count). The first-order valence-corrected chi connectivity index (χ1v) is 11.6. The van der Waals surface area contributed by atoms with Gasteiger partial charge < -0.3 is 20.5 Å². The van der Waals surface area contributed by atoms with E-state index in [2.05, 4.69) is 10.6 Å². The number of carbonyl (C=O) groups excluding carboxylic acids is 2. The van der Waals surface area contributed by atoms with E-state index in [0.717, 1.165) is 27.8 Å². The Balaban J connectivity index is 1.43. The van der Waals surface area contributed by atoms with E-state index < -0.39 is 24.0 Å². The van der Waals surface area contributed by atoms with E-state index >= 15 is 0 Å². The number of aliphatic carboxylic acids is 1. The average Bonchev–Trinajstić information content (AvgIpc) is 3.16. The van der Waals surface area contributed by atoms with Gasteiger partial charge in [0.25, 0.3) is 0 Å². The van der Waals surface area contributed by atoms with Crippen molar-refractivity contribution < 1.29 is 24.2 Å². The lowest BCUT2D eigenvalue weighted by Gasteiger charge is -2.19. The minimum Gasteiger partial charge on any atom is -0.481 e. The fraction of sp³-hybridized carbons (Fsp3) is 0.222. The summed E-state index contributed by atoms with van der Waals surface area (Å²) < 4.78 is 5.51. The quantitative estimate of drug-likeness (QED) is 0.392. The SMILES string of the molecule is Cc1ccc(NC(=O)C(CCC(=O)O)NC(=O)OCC2c3ccccc3-c3ccccc32)cc1Cl. The molecule has 0 bridgehead atoms. The number of benzene rings is 3. The number of hydrogen-bond acceptors (Lipinski definition) is 4. The standard InChI is InChI=1S/C27H25ClN2O5/c1-16-10-11-17(14-23(16)28)29-26(33)24(12-13-25(31)32)30-27(34)35-15-22-20-8-4-2-6-18(20)19-7-3-5-9-21(19)22/h2-11,14,22,24H,12-13,15H2,1H3,(H,29,33)(H,30,34)(H,31,32). The highest BCUT2D eigenvalue weighted by Crippen LogP contribution is 2.44. The maximum absolute atomic E-state index is 12.8. The fourth-order valence-corrected chi connectivity index (χ4v) is 4.40. The van der Waals surface area contributed by atoms with Crippen LogP contribution in [-0.2, 0) is 14.3 Å². The molecule has 3 N–H and O–H groups in total. The number of fused-ring (bicyclic) bond motifs is 3. The molecule has 1 aliphatic rings. The zero-order chi connectivity index (χ0) is 24.9. The summed E-state index contributed by atoms with van der Waals surface area (Å²) in [5.41, 5.74) is 5.64. The minimum absolute atomic E-state index is 0.0840. The smallest absolute Gasteiger partial charge is 0.407 e. The molecule has 0 heterocycles. The molecule has 1 unspecified atom stereocenters. The number of rotatable bonds is 8. The molecule has 8 heteroatoms. The molecule has 0 radical (unpaired) electrons. The third-order valence-electron chi connectivity index (χ3n) is 6.04. The Hall–Kier alpha value is -3.84. The first-order valence-electron chi connectivity index (χ1n) is 11.2. The maximum Gasteiger partial charge on any atom is 0.407 e. The van der Waals surface area contributed by atoms with Gasteiger partial charge in [-0.15, -0.1) is 0 Å². The van der Waals surface area contributed by atoms with E-state index in [0.29, 0.717) is 10.7 Å². The van der Waals surface area contributed by atoms with E-state index in [1.807, 2.05) is 55.5 Å². The average molecular weight is 493 g/mol. The fourth-order valence-electron chi connectivity index (χ4n) is 4.22. The van der Waals surface area contributed by atoms with Gasteiger partial charge >= 0.3 is 12.1 Å². The summed E-state index contributed by atoms with van der Waals surface area (Å²) in [4.78, 5) is 36.6. The van der Waals surface area contributed by atoms with Gasteiger partial charge in [-0.3, -0.25) is 9.59 Å². The molecule has 3 aromatic carbocycles. The van der Waals surface area contributed by atoms with Crippen LogP contribution in [0, 0.1) is 6.92 Å². The van der Waals surface area contributed by atoms with Crippen LogP contribution in [0.4, 0.5) is 10.5 Å². The zero-order valence-corrected chi connectivity index (χ0v) is 19.8. The van der Waals surface area contributed by atoms with Crippen molar-refractivity contribution in [1.82, 2.24) is 5.32 Å². The minimum atomic E-state index is -1.10. The van der Waals surface area contributed by atoms with Gasteiger partial charge in [-0.1, -0.05) is 66.2 Å². The normalized spacial score (nSPS) is 12.9. The van der Waals surface area contributed by atoms with Crippen LogP contribution in [0.2, 0.25) is 5.02 Å². The number of halogens is 1. The molecular weight excluding hydrogens is 468 g/mol. The summed E-state index contributed by atoms with van der Waals surface area (Å²) in [5.74, 6) is -1.76. The summed E-state index contributed by atoms with van der Waals surface area (Å²) in [6.45, 7) is 1.92. The van der Waals surface area contributed by atoms with Crippen molar-refractivity contribution in [3.05, 3.63) is 88.4 Å². The number of amides is 2. The van der Waals surface area contributed by atoms with E-state index in [9.17, 15) is 14.4 Å². The molecule has 0 fully saturated rings. The van der Waals surface area contributed by atoms with E-state index in [4.69, 9.17) is 21.4 Å². The molecule has 35 heavy (non-hydrogen) atoms. The van der Waals surface area contributed by atoms with Crippen LogP contribution < -0.4 is 10.6 Å². The number of carbonyl (C=O) groups is 3. The number of carboxylic acid groups (broad SMARTS) is 1. The Kier molecular flexibility index (Phi) is 7.36. The molecular formula is C27H25ClN2O5. The Labute approximate surface area is 208 Å². The van der Waals surface area contributed by atoms with Crippen molar-refractivity contribution >= 4 is 35.3 Å². The Morgan fingerprint density at radius 2 is 1.63 bits per heavy atom. The molecule has 3 aromatic rings. The van der Waals surface area contributed by atoms with Gasteiger partial charge in [0.2, 0.25) is 5.91 Å². The van der Waals surface area contributed by atoms with Crippen molar-refractivity contribution in [2.75, 3.05) is 11.9 Å². The molecule has 0 saturated heterocycles. The number of ether oxygens (including phenoxy) is 1. The van der Waals surface area contributed by atoms with Gasteiger partial charge in [-0.25, -0.2) is 4.79 Å². The lowest BCUT2D eigenvalue weighted by Crippen LogP contribution is -2.44. The van der Waals surface area contributed by atoms with Crippen LogP contribution in [0.15, 0.2) is 66.7 Å². The number of anilines is 1. The molecule has 1 aliphatic carbocycles. The molecule has 0 aromatic heterocycles. The summed E-state index contributed by atoms with van der Waals surface area (Å²) in [5, 5.41) is 14.8. The Morgan fingerprint density at radius 3 is 2.23 bits per heavy atom. The van der Waals surface area contributed by atoms with Crippen molar-refractivity contribution in [2.45, 2.75) is 31.7 Å². The second kappa shape index (κ2) is 10.6. The van der Waals surface area contributed by atoms with Crippen molar-refractivity contribution in [2.24, 2.45) is 0 Å². The van der Waals surface area contributed by atoms with Crippen LogP contribution in [0.3, 0.4) is 0 Å². The third-order valence-corrected chi connectivity index (χ3v) is 6.45. The summed E-state index contributed by atoms with van der Waals surface area (Å²) >= 11 is 6.12. The largest absolute Gasteiger partial charge is 0.481 e. The van der Waals surface area contributed by atoms with Crippen molar-refractivity contribution in [3.8, 4) is 11.1 Å². The molecule has 7 nitrogen and oxygen atoms in total. The topological polar surface area (TPSA) is 105 Å². The summed E-state index contributed by atoms with van der Waals surface area (Å²) in [6, 6.07) is 19.9.